The number of hydrogen-bond donors (Lipinski definition) is 3. The molecule has 33 heavy (non-hydrogen) atoms. The molecule has 1 aliphatic heterocycles. The molecule has 176 valence electrons. The van der Waals surface area contributed by atoms with E-state index in [2.05, 4.69) is 10.6 Å². The van der Waals surface area contributed by atoms with Crippen LogP contribution in [0.25, 0.3) is 0 Å². The molecular weight excluding hydrogens is 454 g/mol. The Balaban J connectivity index is 1.30. The second-order valence-corrected chi connectivity index (χ2v) is 10.8. The van der Waals surface area contributed by atoms with Gasteiger partial charge in [0, 0.05) is 24.8 Å². The largest absolute Gasteiger partial charge is 0.362 e. The number of anilines is 1. The molecule has 0 amide bonds. The van der Waals surface area contributed by atoms with Crippen LogP contribution in [0.3, 0.4) is 0 Å². The van der Waals surface area contributed by atoms with Gasteiger partial charge in [0.15, 0.2) is 5.11 Å². The number of nitrogens with zero attached hydrogens (tertiary/aromatic N) is 2. The van der Waals surface area contributed by atoms with Gasteiger partial charge >= 0.3 is 0 Å². The molecule has 2 aromatic rings. The van der Waals surface area contributed by atoms with Gasteiger partial charge in [-0.2, -0.15) is 0 Å². The fourth-order valence-electron chi connectivity index (χ4n) is 4.51. The minimum atomic E-state index is -3.72. The Morgan fingerprint density at radius 1 is 1.00 bits per heavy atom. The molecule has 0 radical (unpaired) electrons. The molecular formula is C24H31N5O2S2. The summed E-state index contributed by atoms with van der Waals surface area (Å²) >= 11 is 5.32. The van der Waals surface area contributed by atoms with Gasteiger partial charge in [0.2, 0.25) is 5.96 Å². The predicted octanol–water partition coefficient (Wildman–Crippen LogP) is 3.79. The first-order chi connectivity index (χ1) is 15.9. The van der Waals surface area contributed by atoms with E-state index in [4.69, 9.17) is 17.6 Å². The molecule has 0 bridgehead atoms. The minimum Gasteiger partial charge on any atom is -0.362 e. The maximum absolute atomic E-state index is 13.2. The van der Waals surface area contributed by atoms with Crippen LogP contribution >= 0.6 is 12.2 Å². The number of para-hydroxylation sites is 1. The molecule has 2 fully saturated rings. The average Bonchev–Trinajstić information content (AvgIpc) is 3.23. The third-order valence-corrected chi connectivity index (χ3v) is 8.36. The lowest BCUT2D eigenvalue weighted by atomic mass is 9.94. The standard InChI is InChI=1S/C24H31N5O2S2/c25-23-28(21-9-5-2-6-10-21)17-18-29(23)33(30,31)22-13-11-19(12-14-22)15-16-26-24(32)27-20-7-3-1-4-8-20/h1,3-4,7-8,11-14,21,25H,2,5-6,9-10,15-18H2,(H2,26,27,32). The molecule has 0 unspecified atom stereocenters. The summed E-state index contributed by atoms with van der Waals surface area (Å²) in [6, 6.07) is 17.0. The second kappa shape index (κ2) is 10.5. The number of nitrogens with one attached hydrogen (secondary N) is 3. The Morgan fingerprint density at radius 2 is 1.70 bits per heavy atom. The molecule has 0 atom stereocenters. The Hall–Kier alpha value is -2.65. The number of guanidine groups is 1. The summed E-state index contributed by atoms with van der Waals surface area (Å²) in [4.78, 5) is 2.21. The molecule has 1 heterocycles. The molecule has 3 N–H and O–H groups in total. The Morgan fingerprint density at radius 3 is 2.39 bits per heavy atom. The molecule has 9 heteroatoms. The number of rotatable bonds is 7. The maximum Gasteiger partial charge on any atom is 0.266 e. The maximum atomic E-state index is 13.2. The van der Waals surface area contributed by atoms with Crippen molar-refractivity contribution >= 4 is 39.0 Å². The summed E-state index contributed by atoms with van der Waals surface area (Å²) in [5.41, 5.74) is 1.95. The van der Waals surface area contributed by atoms with Crippen LogP contribution in [-0.2, 0) is 16.4 Å². The van der Waals surface area contributed by atoms with Crippen molar-refractivity contribution in [3.8, 4) is 0 Å². The summed E-state index contributed by atoms with van der Waals surface area (Å²) in [5, 5.41) is 15.4. The zero-order valence-corrected chi connectivity index (χ0v) is 20.3. The number of hydrogen-bond acceptors (Lipinski definition) is 4. The van der Waals surface area contributed by atoms with Gasteiger partial charge in [0.1, 0.15) is 0 Å². The van der Waals surface area contributed by atoms with E-state index in [1.807, 2.05) is 47.4 Å². The molecule has 7 nitrogen and oxygen atoms in total. The predicted molar refractivity (Wildman–Crippen MR) is 136 cm³/mol. The van der Waals surface area contributed by atoms with Gasteiger partial charge in [-0.25, -0.2) is 12.7 Å². The fraction of sp³-hybridized carbons (Fsp3) is 0.417. The molecule has 2 aromatic carbocycles. The van der Waals surface area contributed by atoms with Crippen molar-refractivity contribution in [3.05, 3.63) is 60.2 Å². The van der Waals surface area contributed by atoms with Gasteiger partial charge in [0.25, 0.3) is 10.0 Å². The van der Waals surface area contributed by atoms with Gasteiger partial charge in [-0.3, -0.25) is 5.41 Å². The third-order valence-electron chi connectivity index (χ3n) is 6.31. The van der Waals surface area contributed by atoms with Crippen LogP contribution in [0.1, 0.15) is 37.7 Å². The first kappa shape index (κ1) is 23.5. The Kier molecular flexibility index (Phi) is 7.49. The molecule has 2 aliphatic rings. The van der Waals surface area contributed by atoms with E-state index in [-0.39, 0.29) is 10.9 Å². The smallest absolute Gasteiger partial charge is 0.266 e. The first-order valence-corrected chi connectivity index (χ1v) is 13.4. The van der Waals surface area contributed by atoms with Crippen molar-refractivity contribution in [2.75, 3.05) is 25.0 Å². The van der Waals surface area contributed by atoms with E-state index in [0.717, 1.165) is 36.9 Å². The van der Waals surface area contributed by atoms with Gasteiger partial charge < -0.3 is 15.5 Å². The summed E-state index contributed by atoms with van der Waals surface area (Å²) < 4.78 is 27.6. The van der Waals surface area contributed by atoms with Crippen LogP contribution in [0.5, 0.6) is 0 Å². The summed E-state index contributed by atoms with van der Waals surface area (Å²) in [5.74, 6) is 0.120. The summed E-state index contributed by atoms with van der Waals surface area (Å²) in [7, 11) is -3.72. The van der Waals surface area contributed by atoms with Crippen LogP contribution in [0.2, 0.25) is 0 Å². The normalized spacial score (nSPS) is 17.3. The zero-order chi connectivity index (χ0) is 23.3. The van der Waals surface area contributed by atoms with Crippen LogP contribution in [0.15, 0.2) is 59.5 Å². The number of sulfonamides is 1. The van der Waals surface area contributed by atoms with Gasteiger partial charge in [-0.1, -0.05) is 49.6 Å². The van der Waals surface area contributed by atoms with Crippen LogP contribution < -0.4 is 10.6 Å². The van der Waals surface area contributed by atoms with Crippen LogP contribution in [-0.4, -0.2) is 54.4 Å². The summed E-state index contributed by atoms with van der Waals surface area (Å²) in [6.45, 7) is 1.58. The van der Waals surface area contributed by atoms with Crippen molar-refractivity contribution in [3.63, 3.8) is 0 Å². The van der Waals surface area contributed by atoms with Crippen molar-refractivity contribution < 1.29 is 8.42 Å². The monoisotopic (exact) mass is 485 g/mol. The van der Waals surface area contributed by atoms with Crippen molar-refractivity contribution in [2.24, 2.45) is 0 Å². The Bertz CT molecular complexity index is 1070. The number of benzene rings is 2. The van der Waals surface area contributed by atoms with E-state index in [1.54, 1.807) is 12.1 Å². The molecule has 4 rings (SSSR count). The first-order valence-electron chi connectivity index (χ1n) is 11.5. The van der Waals surface area contributed by atoms with E-state index in [9.17, 15) is 8.42 Å². The highest BCUT2D eigenvalue weighted by atomic mass is 32.2. The van der Waals surface area contributed by atoms with Crippen LogP contribution in [0.4, 0.5) is 5.69 Å². The van der Waals surface area contributed by atoms with Crippen molar-refractivity contribution in [2.45, 2.75) is 49.5 Å². The summed E-state index contributed by atoms with van der Waals surface area (Å²) in [6.07, 6.45) is 6.35. The lowest BCUT2D eigenvalue weighted by Gasteiger charge is -2.32. The van der Waals surface area contributed by atoms with Crippen molar-refractivity contribution in [1.82, 2.24) is 14.5 Å². The highest BCUT2D eigenvalue weighted by molar-refractivity contribution is 7.89. The molecule has 0 spiro atoms. The third kappa shape index (κ3) is 5.65. The van der Waals surface area contributed by atoms with E-state index < -0.39 is 10.0 Å². The SMILES string of the molecule is N=C1N(C2CCCCC2)CCN1S(=O)(=O)c1ccc(CCNC(=S)Nc2ccccc2)cc1. The van der Waals surface area contributed by atoms with Gasteiger partial charge in [-0.05, 0) is 61.3 Å². The zero-order valence-electron chi connectivity index (χ0n) is 18.7. The topological polar surface area (TPSA) is 88.5 Å². The molecule has 0 aromatic heterocycles. The van der Waals surface area contributed by atoms with Crippen LogP contribution in [0, 0.1) is 5.41 Å². The minimum absolute atomic E-state index is 0.120. The number of thiocarbonyl (C=S) groups is 1. The van der Waals surface area contributed by atoms with Gasteiger partial charge in [-0.15, -0.1) is 0 Å². The quantitative estimate of drug-likeness (QED) is 0.517. The highest BCUT2D eigenvalue weighted by Crippen LogP contribution is 2.28. The fourth-order valence-corrected chi connectivity index (χ4v) is 6.12. The van der Waals surface area contributed by atoms with E-state index >= 15 is 0 Å². The van der Waals surface area contributed by atoms with E-state index in [0.29, 0.717) is 37.2 Å². The molecule has 1 saturated heterocycles. The lowest BCUT2D eigenvalue weighted by molar-refractivity contribution is 0.260. The van der Waals surface area contributed by atoms with E-state index in [1.165, 1.54) is 10.7 Å². The van der Waals surface area contributed by atoms with Crippen molar-refractivity contribution in [1.29, 1.82) is 5.41 Å². The molecule has 1 aliphatic carbocycles. The molecule has 1 saturated carbocycles. The second-order valence-electron chi connectivity index (χ2n) is 8.53. The van der Waals surface area contributed by atoms with Gasteiger partial charge in [0.05, 0.1) is 11.4 Å². The highest BCUT2D eigenvalue weighted by Gasteiger charge is 2.38. The Labute approximate surface area is 201 Å². The lowest BCUT2D eigenvalue weighted by Crippen LogP contribution is -2.42. The average molecular weight is 486 g/mol.